The predicted molar refractivity (Wildman–Crippen MR) is 228 cm³/mol. The van der Waals surface area contributed by atoms with Gasteiger partial charge in [0, 0.05) is 32.5 Å². The molecule has 0 radical (unpaired) electrons. The van der Waals surface area contributed by atoms with Crippen LogP contribution in [0.5, 0.6) is 0 Å². The fourth-order valence-electron chi connectivity index (χ4n) is 6.57. The zero-order valence-electron chi connectivity index (χ0n) is 35.4. The minimum Gasteiger partial charge on any atom is -0.475 e. The number of carboxylic acids is 2. The molecule has 5 amide bonds. The Morgan fingerprint density at radius 3 is 1.61 bits per heavy atom. The third kappa shape index (κ3) is 17.7. The van der Waals surface area contributed by atoms with E-state index < -0.39 is 84.5 Å². The van der Waals surface area contributed by atoms with Crippen LogP contribution in [0.2, 0.25) is 0 Å². The zero-order chi connectivity index (χ0) is 50.1. The number of hydrogen-bond acceptors (Lipinski definition) is 9. The third-order valence-electron chi connectivity index (χ3n) is 9.81. The minimum absolute atomic E-state index is 0.0957. The second kappa shape index (κ2) is 24.6. The minimum atomic E-state index is -5.08. The quantitative estimate of drug-likeness (QED) is 0.0567. The molecular formula is C41H49F6N11O9. The maximum absolute atomic E-state index is 14.0. The van der Waals surface area contributed by atoms with Crippen molar-refractivity contribution in [3.8, 4) is 0 Å². The van der Waals surface area contributed by atoms with Crippen LogP contribution < -0.4 is 44.2 Å². The molecule has 0 bridgehead atoms. The van der Waals surface area contributed by atoms with Gasteiger partial charge in [0.2, 0.25) is 29.5 Å². The molecule has 4 atom stereocenters. The van der Waals surface area contributed by atoms with Gasteiger partial charge >= 0.3 is 24.3 Å². The average Bonchev–Trinajstić information content (AvgIpc) is 3.25. The van der Waals surface area contributed by atoms with Crippen LogP contribution in [0, 0.1) is 0 Å². The molecule has 0 aromatic heterocycles. The summed E-state index contributed by atoms with van der Waals surface area (Å²) in [5.41, 5.74) is 24.5. The van der Waals surface area contributed by atoms with Crippen molar-refractivity contribution >= 4 is 64.2 Å². The molecule has 2 heterocycles. The first kappa shape index (κ1) is 53.7. The first-order chi connectivity index (χ1) is 31.4. The van der Waals surface area contributed by atoms with Gasteiger partial charge in [-0.1, -0.05) is 66.7 Å². The highest BCUT2D eigenvalue weighted by atomic mass is 19.4. The Hall–Kier alpha value is -7.67. The molecule has 20 nitrogen and oxygen atoms in total. The van der Waals surface area contributed by atoms with Crippen molar-refractivity contribution in [1.82, 2.24) is 26.2 Å². The first-order valence-electron chi connectivity index (χ1n) is 20.1. The number of carbonyl (C=O) groups is 7. The number of nitrogens with two attached hydrogens (primary N) is 4. The Labute approximate surface area is 377 Å². The van der Waals surface area contributed by atoms with Gasteiger partial charge in [-0.3, -0.25) is 34.0 Å². The van der Waals surface area contributed by atoms with Gasteiger partial charge in [0.25, 0.3) is 0 Å². The van der Waals surface area contributed by atoms with Crippen LogP contribution in [-0.2, 0) is 52.9 Å². The Kier molecular flexibility index (Phi) is 19.7. The van der Waals surface area contributed by atoms with Crippen LogP contribution in [0.1, 0.15) is 42.4 Å². The summed E-state index contributed by atoms with van der Waals surface area (Å²) < 4.78 is 63.5. The lowest BCUT2D eigenvalue weighted by Crippen LogP contribution is -2.59. The fourth-order valence-corrected chi connectivity index (χ4v) is 6.57. The second-order valence-electron chi connectivity index (χ2n) is 14.8. The number of benzene rings is 3. The molecular weight excluding hydrogens is 905 g/mol. The van der Waals surface area contributed by atoms with Crippen molar-refractivity contribution in [2.75, 3.05) is 19.6 Å². The number of carboxylic acid groups (broad SMARTS) is 2. The summed E-state index contributed by atoms with van der Waals surface area (Å²) in [6.45, 7) is 0.0776. The lowest BCUT2D eigenvalue weighted by molar-refractivity contribution is -0.193. The molecule has 0 aliphatic carbocycles. The normalized spacial score (nSPS) is 19.0. The molecule has 2 aliphatic heterocycles. The Bertz CT molecular complexity index is 2300. The van der Waals surface area contributed by atoms with E-state index in [1.54, 1.807) is 0 Å². The smallest absolute Gasteiger partial charge is 0.475 e. The van der Waals surface area contributed by atoms with Crippen LogP contribution >= 0.6 is 0 Å². The maximum Gasteiger partial charge on any atom is 0.490 e. The highest BCUT2D eigenvalue weighted by Crippen LogP contribution is 2.24. The maximum atomic E-state index is 14.0. The van der Waals surface area contributed by atoms with E-state index in [2.05, 4.69) is 31.3 Å². The van der Waals surface area contributed by atoms with Gasteiger partial charge in [-0.2, -0.15) is 26.3 Å². The highest BCUT2D eigenvalue weighted by Gasteiger charge is 2.40. The molecule has 0 saturated carbocycles. The lowest BCUT2D eigenvalue weighted by atomic mass is 9.93. The zero-order valence-corrected chi connectivity index (χ0v) is 35.4. The van der Waals surface area contributed by atoms with E-state index in [0.29, 0.717) is 12.8 Å². The van der Waals surface area contributed by atoms with Gasteiger partial charge in [-0.25, -0.2) is 9.59 Å². The van der Waals surface area contributed by atoms with Crippen LogP contribution in [0.25, 0.3) is 10.8 Å². The summed E-state index contributed by atoms with van der Waals surface area (Å²) in [5, 5.41) is 27.3. The molecule has 67 heavy (non-hydrogen) atoms. The van der Waals surface area contributed by atoms with E-state index in [-0.39, 0.29) is 57.2 Å². The molecule has 1 fully saturated rings. The summed E-state index contributed by atoms with van der Waals surface area (Å²) in [7, 11) is 0. The molecule has 5 rings (SSSR count). The van der Waals surface area contributed by atoms with Crippen molar-refractivity contribution < 1.29 is 70.1 Å². The van der Waals surface area contributed by atoms with Crippen LogP contribution in [0.15, 0.2) is 76.7 Å². The number of rotatable bonds is 10. The van der Waals surface area contributed by atoms with Gasteiger partial charge in [0.15, 0.2) is 11.9 Å². The number of alkyl halides is 6. The molecule has 3 aromatic rings. The Morgan fingerprint density at radius 1 is 0.642 bits per heavy atom. The summed E-state index contributed by atoms with van der Waals surface area (Å²) in [6, 6.07) is 16.6. The van der Waals surface area contributed by atoms with Gasteiger partial charge in [-0.15, -0.1) is 0 Å². The molecule has 0 unspecified atom stereocenters. The first-order valence-corrected chi connectivity index (χ1v) is 20.1. The number of carbonyl (C=O) groups excluding carboxylic acids is 5. The highest BCUT2D eigenvalue weighted by molar-refractivity contribution is 5.97. The predicted octanol–water partition coefficient (Wildman–Crippen LogP) is 0.294. The van der Waals surface area contributed by atoms with Gasteiger partial charge in [-0.05, 0) is 53.1 Å². The number of guanidine groups is 2. The van der Waals surface area contributed by atoms with Crippen LogP contribution in [0.3, 0.4) is 0 Å². The topological polar surface area (TPSA) is 340 Å². The fraction of sp³-hybridized carbons (Fsp3) is 0.390. The SMILES string of the molecule is NC(N)=NCCC[C@@H]1NC(=O)[C@H](CCCN=C(N)N)NC(=O)[C@H]2Cc3ccccc3CN2C(=O)CNC(=O)[C@H](Cc2ccc3ccccc3c2)NC1=O.O=C(O)C(F)(F)F.O=C(O)C(F)(F)F. The van der Waals surface area contributed by atoms with Gasteiger partial charge in [0.05, 0.1) is 6.54 Å². The monoisotopic (exact) mass is 953 g/mol. The van der Waals surface area contributed by atoms with Crippen molar-refractivity contribution in [3.05, 3.63) is 83.4 Å². The lowest BCUT2D eigenvalue weighted by Gasteiger charge is -2.37. The van der Waals surface area contributed by atoms with Crippen molar-refractivity contribution in [2.24, 2.45) is 32.9 Å². The van der Waals surface area contributed by atoms with Crippen LogP contribution in [-0.4, -0.2) is 125 Å². The van der Waals surface area contributed by atoms with Gasteiger partial charge in [0.1, 0.15) is 24.2 Å². The number of aliphatic carboxylic acids is 2. The Morgan fingerprint density at radius 2 is 1.10 bits per heavy atom. The molecule has 3 aromatic carbocycles. The number of fused-ring (bicyclic) bond motifs is 3. The molecule has 26 heteroatoms. The molecule has 14 N–H and O–H groups in total. The number of nitrogens with one attached hydrogen (secondary N) is 4. The number of hydrogen-bond donors (Lipinski definition) is 10. The second-order valence-corrected chi connectivity index (χ2v) is 14.8. The Balaban J connectivity index is 0.000000737. The largest absolute Gasteiger partial charge is 0.490 e. The molecule has 2 aliphatic rings. The van der Waals surface area contributed by atoms with E-state index in [4.69, 9.17) is 42.7 Å². The van der Waals surface area contributed by atoms with Crippen molar-refractivity contribution in [2.45, 2.75) is 81.6 Å². The summed E-state index contributed by atoms with van der Waals surface area (Å²) in [4.78, 5) is 96.8. The van der Waals surface area contributed by atoms with Crippen molar-refractivity contribution in [1.29, 1.82) is 0 Å². The number of aliphatic imine (C=N–C) groups is 2. The van der Waals surface area contributed by atoms with Crippen LogP contribution in [0.4, 0.5) is 26.3 Å². The van der Waals surface area contributed by atoms with E-state index in [1.807, 2.05) is 66.7 Å². The van der Waals surface area contributed by atoms with E-state index in [9.17, 15) is 50.3 Å². The summed E-state index contributed by atoms with van der Waals surface area (Å²) >= 11 is 0. The molecule has 1 saturated heterocycles. The van der Waals surface area contributed by atoms with Gasteiger partial charge < -0.3 is 59.3 Å². The van der Waals surface area contributed by atoms with E-state index in [1.165, 1.54) is 4.90 Å². The van der Waals surface area contributed by atoms with E-state index in [0.717, 1.165) is 27.5 Å². The standard InChI is InChI=1S/C37H47N11O5.2C2HF3O2/c38-36(39)42-15-5-11-27-34(52)47-29(18-22-13-14-23-7-1-2-8-24(23)17-22)32(50)44-20-31(49)48-21-26-10-4-3-9-25(26)19-30(48)35(53)46-28(33(51)45-27)12-6-16-43-37(40)41;2*3-2(4,5)1(6)7/h1-4,7-10,13-14,17,27-30H,5-6,11-12,15-16,18-21H2,(H,44,50)(H,45,51)(H,46,53)(H,47,52)(H4,38,39,42)(H4,40,41,43);2*(H,6,7)/t27-,28-,29-,30+;;/m0../s1. The number of halogens is 6. The number of amides is 5. The summed E-state index contributed by atoms with van der Waals surface area (Å²) in [5.74, 6) is -8.67. The third-order valence-corrected chi connectivity index (χ3v) is 9.81. The average molecular weight is 954 g/mol. The number of nitrogens with zero attached hydrogens (tertiary/aromatic N) is 3. The summed E-state index contributed by atoms with van der Waals surface area (Å²) in [6.07, 6.45) is -9.01. The molecule has 0 spiro atoms. The van der Waals surface area contributed by atoms with Crippen molar-refractivity contribution in [3.63, 3.8) is 0 Å². The molecule has 364 valence electrons. The van der Waals surface area contributed by atoms with E-state index >= 15 is 0 Å².